The average Bonchev–Trinajstić information content (AvgIpc) is 3.21. The lowest BCUT2D eigenvalue weighted by Crippen LogP contribution is -2.15. The van der Waals surface area contributed by atoms with Crippen LogP contribution in [-0.4, -0.2) is 39.3 Å². The van der Waals surface area contributed by atoms with E-state index in [4.69, 9.17) is 16.2 Å². The Balaban J connectivity index is 1.84. The molecule has 0 aliphatic carbocycles. The molecule has 11 heteroatoms. The van der Waals surface area contributed by atoms with Gasteiger partial charge in [0, 0.05) is 5.56 Å². The van der Waals surface area contributed by atoms with Gasteiger partial charge in [-0.2, -0.15) is 10.2 Å². The zero-order valence-corrected chi connectivity index (χ0v) is 17.1. The standard InChI is InChI=1S/C17H19BrN8O2/c1-9-14(18)10(2)26(23-9)8-12-6-11(4-5-13(12)27-3)7-21-22-16(19)15-17(20)25-28-24-15/h4-7H,8H2,1-3H3,(H2,19,22)(H2,20,25)/b21-7+. The predicted molar refractivity (Wildman–Crippen MR) is 109 cm³/mol. The number of methoxy groups -OCH3 is 1. The van der Waals surface area contributed by atoms with E-state index in [-0.39, 0.29) is 17.3 Å². The number of halogens is 1. The van der Waals surface area contributed by atoms with Crippen molar-refractivity contribution in [1.82, 2.24) is 20.1 Å². The Morgan fingerprint density at radius 2 is 2.14 bits per heavy atom. The number of benzene rings is 1. The van der Waals surface area contributed by atoms with Crippen molar-refractivity contribution in [1.29, 1.82) is 0 Å². The molecule has 146 valence electrons. The largest absolute Gasteiger partial charge is 0.496 e. The van der Waals surface area contributed by atoms with Gasteiger partial charge < -0.3 is 16.2 Å². The molecule has 0 atom stereocenters. The highest BCUT2D eigenvalue weighted by Gasteiger charge is 2.12. The van der Waals surface area contributed by atoms with Crippen LogP contribution in [0.15, 0.2) is 37.5 Å². The summed E-state index contributed by atoms with van der Waals surface area (Å²) >= 11 is 3.55. The van der Waals surface area contributed by atoms with E-state index in [0.717, 1.165) is 32.7 Å². The van der Waals surface area contributed by atoms with Crippen molar-refractivity contribution in [2.75, 3.05) is 12.8 Å². The fourth-order valence-electron chi connectivity index (χ4n) is 2.57. The Hall–Kier alpha value is -3.21. The molecule has 0 saturated carbocycles. The van der Waals surface area contributed by atoms with E-state index in [1.54, 1.807) is 13.3 Å². The number of nitrogens with zero attached hydrogens (tertiary/aromatic N) is 6. The minimum Gasteiger partial charge on any atom is -0.496 e. The average molecular weight is 447 g/mol. The topological polar surface area (TPSA) is 143 Å². The lowest BCUT2D eigenvalue weighted by atomic mass is 10.1. The zero-order valence-electron chi connectivity index (χ0n) is 15.5. The smallest absolute Gasteiger partial charge is 0.199 e. The van der Waals surface area contributed by atoms with Gasteiger partial charge in [0.25, 0.3) is 0 Å². The number of amidine groups is 1. The summed E-state index contributed by atoms with van der Waals surface area (Å²) in [5, 5.41) is 19.4. The van der Waals surface area contributed by atoms with Crippen LogP contribution in [0.5, 0.6) is 5.75 Å². The van der Waals surface area contributed by atoms with Crippen LogP contribution in [0.1, 0.15) is 28.2 Å². The number of ether oxygens (including phenoxy) is 1. The molecule has 1 aromatic carbocycles. The second-order valence-corrected chi connectivity index (χ2v) is 6.73. The molecule has 3 aromatic rings. The fourth-order valence-corrected chi connectivity index (χ4v) is 2.86. The van der Waals surface area contributed by atoms with Crippen LogP contribution < -0.4 is 16.2 Å². The molecule has 0 bridgehead atoms. The van der Waals surface area contributed by atoms with Crippen molar-refractivity contribution in [3.05, 3.63) is 50.9 Å². The lowest BCUT2D eigenvalue weighted by Gasteiger charge is -2.11. The Bertz CT molecular complexity index is 1050. The molecule has 0 saturated heterocycles. The summed E-state index contributed by atoms with van der Waals surface area (Å²) in [5.41, 5.74) is 15.2. The highest BCUT2D eigenvalue weighted by Crippen LogP contribution is 2.24. The maximum Gasteiger partial charge on any atom is 0.199 e. The van der Waals surface area contributed by atoms with Gasteiger partial charge in [0.15, 0.2) is 17.3 Å². The number of anilines is 1. The van der Waals surface area contributed by atoms with Crippen LogP contribution >= 0.6 is 15.9 Å². The summed E-state index contributed by atoms with van der Waals surface area (Å²) in [6, 6.07) is 5.68. The molecule has 0 spiro atoms. The van der Waals surface area contributed by atoms with E-state index in [1.807, 2.05) is 36.7 Å². The molecule has 0 radical (unpaired) electrons. The summed E-state index contributed by atoms with van der Waals surface area (Å²) in [4.78, 5) is 0. The predicted octanol–water partition coefficient (Wildman–Crippen LogP) is 2.02. The molecule has 0 fully saturated rings. The number of aromatic nitrogens is 4. The minimum absolute atomic E-state index is 0.0104. The molecule has 0 unspecified atom stereocenters. The number of rotatable bonds is 6. The van der Waals surface area contributed by atoms with Gasteiger partial charge >= 0.3 is 0 Å². The maximum atomic E-state index is 5.77. The van der Waals surface area contributed by atoms with E-state index in [0.29, 0.717) is 6.54 Å². The van der Waals surface area contributed by atoms with Crippen LogP contribution in [-0.2, 0) is 6.54 Å². The zero-order chi connectivity index (χ0) is 20.3. The van der Waals surface area contributed by atoms with Crippen LogP contribution in [0.2, 0.25) is 0 Å². The molecule has 28 heavy (non-hydrogen) atoms. The molecule has 0 aliphatic rings. The van der Waals surface area contributed by atoms with Crippen LogP contribution in [0, 0.1) is 13.8 Å². The van der Waals surface area contributed by atoms with Gasteiger partial charge in [-0.05, 0) is 63.9 Å². The summed E-state index contributed by atoms with van der Waals surface area (Å²) in [5.74, 6) is 0.820. The first-order valence-corrected chi connectivity index (χ1v) is 9.01. The molecular formula is C17H19BrN8O2. The van der Waals surface area contributed by atoms with E-state index in [2.05, 4.69) is 46.2 Å². The van der Waals surface area contributed by atoms with Gasteiger partial charge in [0.05, 0.1) is 35.7 Å². The first-order valence-electron chi connectivity index (χ1n) is 8.22. The molecule has 2 aromatic heterocycles. The van der Waals surface area contributed by atoms with Gasteiger partial charge in [0.2, 0.25) is 0 Å². The summed E-state index contributed by atoms with van der Waals surface area (Å²) in [6.07, 6.45) is 1.57. The minimum atomic E-state index is 0.0104. The summed E-state index contributed by atoms with van der Waals surface area (Å²) in [7, 11) is 1.63. The van der Waals surface area contributed by atoms with E-state index in [9.17, 15) is 0 Å². The molecule has 3 rings (SSSR count). The highest BCUT2D eigenvalue weighted by atomic mass is 79.9. The second-order valence-electron chi connectivity index (χ2n) is 5.94. The molecule has 0 amide bonds. The summed E-state index contributed by atoms with van der Waals surface area (Å²) in [6.45, 7) is 4.51. The van der Waals surface area contributed by atoms with Crippen molar-refractivity contribution in [3.8, 4) is 5.75 Å². The van der Waals surface area contributed by atoms with Gasteiger partial charge in [-0.25, -0.2) is 4.63 Å². The third kappa shape index (κ3) is 4.03. The Morgan fingerprint density at radius 3 is 2.75 bits per heavy atom. The third-order valence-electron chi connectivity index (χ3n) is 4.05. The normalized spacial score (nSPS) is 12.1. The second kappa shape index (κ2) is 8.21. The number of nitrogen functional groups attached to an aromatic ring is 1. The number of nitrogens with two attached hydrogens (primary N) is 2. The monoisotopic (exact) mass is 446 g/mol. The summed E-state index contributed by atoms with van der Waals surface area (Å²) < 4.78 is 12.9. The highest BCUT2D eigenvalue weighted by molar-refractivity contribution is 9.10. The van der Waals surface area contributed by atoms with Crippen LogP contribution in [0.25, 0.3) is 0 Å². The first kappa shape index (κ1) is 19.5. The van der Waals surface area contributed by atoms with E-state index < -0.39 is 0 Å². The van der Waals surface area contributed by atoms with Gasteiger partial charge in [-0.15, -0.1) is 5.10 Å². The van der Waals surface area contributed by atoms with Crippen molar-refractivity contribution in [2.45, 2.75) is 20.4 Å². The van der Waals surface area contributed by atoms with Crippen molar-refractivity contribution >= 4 is 33.8 Å². The van der Waals surface area contributed by atoms with E-state index >= 15 is 0 Å². The third-order valence-corrected chi connectivity index (χ3v) is 5.19. The molecular weight excluding hydrogens is 428 g/mol. The Morgan fingerprint density at radius 1 is 1.36 bits per heavy atom. The van der Waals surface area contributed by atoms with Gasteiger partial charge in [-0.3, -0.25) is 4.68 Å². The molecule has 0 aliphatic heterocycles. The van der Waals surface area contributed by atoms with Gasteiger partial charge in [0.1, 0.15) is 5.75 Å². The Labute approximate surface area is 169 Å². The van der Waals surface area contributed by atoms with Crippen LogP contribution in [0.3, 0.4) is 0 Å². The van der Waals surface area contributed by atoms with E-state index in [1.165, 1.54) is 0 Å². The molecule has 2 heterocycles. The molecule has 10 nitrogen and oxygen atoms in total. The first-order chi connectivity index (χ1) is 13.4. The molecule has 4 N–H and O–H groups in total. The lowest BCUT2D eigenvalue weighted by molar-refractivity contribution is 0.308. The fraction of sp³-hybridized carbons (Fsp3) is 0.235. The van der Waals surface area contributed by atoms with Crippen molar-refractivity contribution in [3.63, 3.8) is 0 Å². The number of aryl methyl sites for hydroxylation is 1. The number of hydrogen-bond donors (Lipinski definition) is 2. The quantitative estimate of drug-likeness (QED) is 0.334. The van der Waals surface area contributed by atoms with Crippen LogP contribution in [0.4, 0.5) is 5.82 Å². The number of hydrogen-bond acceptors (Lipinski definition) is 8. The maximum absolute atomic E-state index is 5.77. The SMILES string of the molecule is COc1ccc(/C=N/N=C(/N)c2nonc2N)cc1Cn1nc(C)c(Br)c1C. The van der Waals surface area contributed by atoms with Gasteiger partial charge in [-0.1, -0.05) is 0 Å². The van der Waals surface area contributed by atoms with Crippen molar-refractivity contribution in [2.24, 2.45) is 15.9 Å². The van der Waals surface area contributed by atoms with Crippen molar-refractivity contribution < 1.29 is 9.37 Å². The Kier molecular flexibility index (Phi) is 5.73.